The third-order valence-corrected chi connectivity index (χ3v) is 9.52. The molecule has 1 aliphatic heterocycles. The molecule has 6 unspecified atom stereocenters. The van der Waals surface area contributed by atoms with Crippen LogP contribution in [0.5, 0.6) is 0 Å². The van der Waals surface area contributed by atoms with Gasteiger partial charge in [-0.2, -0.15) is 0 Å². The molecule has 48 heavy (non-hydrogen) atoms. The summed E-state index contributed by atoms with van der Waals surface area (Å²) in [5.41, 5.74) is 0. The third-order valence-electron chi connectivity index (χ3n) is 9.52. The van der Waals surface area contributed by atoms with Gasteiger partial charge in [0, 0.05) is 13.0 Å². The van der Waals surface area contributed by atoms with E-state index in [1.54, 1.807) is 0 Å². The summed E-state index contributed by atoms with van der Waals surface area (Å²) < 4.78 is 22.7. The van der Waals surface area contributed by atoms with Gasteiger partial charge in [0.25, 0.3) is 0 Å². The molecular weight excluding hydrogens is 612 g/mol. The zero-order chi connectivity index (χ0) is 35.1. The van der Waals surface area contributed by atoms with Crippen LogP contribution in [0, 0.1) is 0 Å². The Kier molecular flexibility index (Phi) is 30.3. The largest absolute Gasteiger partial charge is 0.457 e. The van der Waals surface area contributed by atoms with Crippen LogP contribution in [0.15, 0.2) is 0 Å². The molecule has 0 aliphatic carbocycles. The summed E-state index contributed by atoms with van der Waals surface area (Å²) >= 11 is 0. The van der Waals surface area contributed by atoms with E-state index in [1.165, 1.54) is 128 Å². The van der Waals surface area contributed by atoms with Crippen LogP contribution in [0.25, 0.3) is 0 Å². The van der Waals surface area contributed by atoms with Crippen LogP contribution in [0.3, 0.4) is 0 Å². The lowest BCUT2D eigenvalue weighted by atomic mass is 9.99. The Bertz CT molecular complexity index is 707. The maximum Gasteiger partial charge on any atom is 0.306 e. The van der Waals surface area contributed by atoms with Gasteiger partial charge in [0.15, 0.2) is 6.29 Å². The summed E-state index contributed by atoms with van der Waals surface area (Å²) in [6, 6.07) is 0. The molecular formula is C39H76O9. The minimum atomic E-state index is -1.53. The van der Waals surface area contributed by atoms with Gasteiger partial charge in [0.05, 0.1) is 19.8 Å². The number of aliphatic hydroxyl groups excluding tert-OH is 4. The molecule has 6 atom stereocenters. The van der Waals surface area contributed by atoms with E-state index in [2.05, 4.69) is 13.8 Å². The molecule has 0 saturated carbocycles. The maximum absolute atomic E-state index is 12.6. The average molecular weight is 689 g/mol. The SMILES string of the molecule is CCCCCCCCCCCCCCCCCCCCOCC(COC1OC(CO)C(O)C(O)C1O)OC(=O)CCCCCCCCC. The molecule has 1 heterocycles. The summed E-state index contributed by atoms with van der Waals surface area (Å²) in [5, 5.41) is 39.9. The fourth-order valence-electron chi connectivity index (χ4n) is 6.32. The molecule has 286 valence electrons. The van der Waals surface area contributed by atoms with Gasteiger partial charge >= 0.3 is 5.97 Å². The predicted molar refractivity (Wildman–Crippen MR) is 192 cm³/mol. The number of aliphatic hydroxyl groups is 4. The van der Waals surface area contributed by atoms with E-state index in [-0.39, 0.29) is 19.2 Å². The molecule has 0 spiro atoms. The van der Waals surface area contributed by atoms with Crippen molar-refractivity contribution in [2.24, 2.45) is 0 Å². The molecule has 0 amide bonds. The lowest BCUT2D eigenvalue weighted by Crippen LogP contribution is -2.59. The van der Waals surface area contributed by atoms with Crippen molar-refractivity contribution in [3.63, 3.8) is 0 Å². The molecule has 9 heteroatoms. The molecule has 4 N–H and O–H groups in total. The zero-order valence-electron chi connectivity index (χ0n) is 31.0. The van der Waals surface area contributed by atoms with Crippen LogP contribution in [-0.2, 0) is 23.7 Å². The number of hydrogen-bond donors (Lipinski definition) is 4. The first-order valence-electron chi connectivity index (χ1n) is 20.1. The molecule has 1 saturated heterocycles. The normalized spacial score (nSPS) is 21.8. The number of carbonyl (C=O) groups excluding carboxylic acids is 1. The third kappa shape index (κ3) is 23.6. The molecule has 1 rings (SSSR count). The fraction of sp³-hybridized carbons (Fsp3) is 0.974. The molecule has 0 radical (unpaired) electrons. The second-order valence-corrected chi connectivity index (χ2v) is 14.1. The quantitative estimate of drug-likeness (QED) is 0.0393. The van der Waals surface area contributed by atoms with Crippen molar-refractivity contribution in [3.8, 4) is 0 Å². The number of ether oxygens (including phenoxy) is 4. The fourth-order valence-corrected chi connectivity index (χ4v) is 6.32. The van der Waals surface area contributed by atoms with Gasteiger partial charge in [0.1, 0.15) is 30.5 Å². The number of esters is 1. The first kappa shape index (κ1) is 45.2. The minimum absolute atomic E-state index is 0.107. The summed E-state index contributed by atoms with van der Waals surface area (Å²) in [7, 11) is 0. The Labute approximate surface area is 293 Å². The van der Waals surface area contributed by atoms with Gasteiger partial charge in [-0.05, 0) is 12.8 Å². The van der Waals surface area contributed by atoms with Crippen molar-refractivity contribution in [1.29, 1.82) is 0 Å². The summed E-state index contributed by atoms with van der Waals surface area (Å²) in [6.07, 6.45) is 24.4. The lowest BCUT2D eigenvalue weighted by molar-refractivity contribution is -0.305. The smallest absolute Gasteiger partial charge is 0.306 e. The number of hydrogen-bond acceptors (Lipinski definition) is 9. The molecule has 1 aliphatic rings. The van der Waals surface area contributed by atoms with Crippen molar-refractivity contribution in [3.05, 3.63) is 0 Å². The summed E-state index contributed by atoms with van der Waals surface area (Å²) in [5.74, 6) is -0.317. The van der Waals surface area contributed by atoms with Crippen LogP contribution in [0.4, 0.5) is 0 Å². The summed E-state index contributed by atoms with van der Waals surface area (Å²) in [4.78, 5) is 12.6. The van der Waals surface area contributed by atoms with E-state index in [0.29, 0.717) is 13.0 Å². The first-order chi connectivity index (χ1) is 23.4. The highest BCUT2D eigenvalue weighted by Crippen LogP contribution is 2.22. The van der Waals surface area contributed by atoms with Crippen LogP contribution in [0.2, 0.25) is 0 Å². The Hall–Kier alpha value is -0.810. The van der Waals surface area contributed by atoms with Gasteiger partial charge in [-0.15, -0.1) is 0 Å². The highest BCUT2D eigenvalue weighted by Gasteiger charge is 2.44. The monoisotopic (exact) mass is 689 g/mol. The van der Waals surface area contributed by atoms with Crippen molar-refractivity contribution >= 4 is 5.97 Å². The second-order valence-electron chi connectivity index (χ2n) is 14.1. The maximum atomic E-state index is 12.6. The molecule has 0 aromatic rings. The number of carbonyl (C=O) groups is 1. The molecule has 0 bridgehead atoms. The Morgan fingerprint density at radius 3 is 1.48 bits per heavy atom. The Morgan fingerprint density at radius 2 is 1.02 bits per heavy atom. The van der Waals surface area contributed by atoms with Crippen LogP contribution in [-0.4, -0.2) is 89.6 Å². The average Bonchev–Trinajstić information content (AvgIpc) is 3.08. The molecule has 0 aromatic heterocycles. The first-order valence-corrected chi connectivity index (χ1v) is 20.1. The topological polar surface area (TPSA) is 135 Å². The lowest BCUT2D eigenvalue weighted by Gasteiger charge is -2.39. The number of rotatable bonds is 34. The van der Waals surface area contributed by atoms with Gasteiger partial charge in [-0.3, -0.25) is 4.79 Å². The van der Waals surface area contributed by atoms with Crippen LogP contribution < -0.4 is 0 Å². The van der Waals surface area contributed by atoms with Crippen molar-refractivity contribution in [2.45, 2.75) is 218 Å². The van der Waals surface area contributed by atoms with Gasteiger partial charge in [-0.1, -0.05) is 162 Å². The Morgan fingerprint density at radius 1 is 0.583 bits per heavy atom. The predicted octanol–water partition coefficient (Wildman–Crippen LogP) is 7.91. The van der Waals surface area contributed by atoms with Crippen LogP contribution >= 0.6 is 0 Å². The number of unbranched alkanes of at least 4 members (excludes halogenated alkanes) is 23. The minimum Gasteiger partial charge on any atom is -0.457 e. The van der Waals surface area contributed by atoms with Gasteiger partial charge < -0.3 is 39.4 Å². The van der Waals surface area contributed by atoms with Gasteiger partial charge in [-0.25, -0.2) is 0 Å². The Balaban J connectivity index is 2.21. The van der Waals surface area contributed by atoms with Crippen molar-refractivity contribution in [1.82, 2.24) is 0 Å². The van der Waals surface area contributed by atoms with Crippen molar-refractivity contribution < 1.29 is 44.2 Å². The van der Waals surface area contributed by atoms with Gasteiger partial charge in [0.2, 0.25) is 0 Å². The highest BCUT2D eigenvalue weighted by atomic mass is 16.7. The molecule has 0 aromatic carbocycles. The molecule has 9 nitrogen and oxygen atoms in total. The summed E-state index contributed by atoms with van der Waals surface area (Å²) in [6.45, 7) is 4.54. The second kappa shape index (κ2) is 32.1. The van der Waals surface area contributed by atoms with E-state index in [1.807, 2.05) is 0 Å². The van der Waals surface area contributed by atoms with Crippen molar-refractivity contribution in [2.75, 3.05) is 26.4 Å². The zero-order valence-corrected chi connectivity index (χ0v) is 31.0. The van der Waals surface area contributed by atoms with E-state index >= 15 is 0 Å². The molecule has 1 fully saturated rings. The van der Waals surface area contributed by atoms with Crippen LogP contribution in [0.1, 0.15) is 181 Å². The van der Waals surface area contributed by atoms with E-state index in [4.69, 9.17) is 18.9 Å². The van der Waals surface area contributed by atoms with E-state index < -0.39 is 43.4 Å². The van der Waals surface area contributed by atoms with E-state index in [9.17, 15) is 25.2 Å². The standard InChI is InChI=1S/C39H76O9/c1-3-5-7-9-11-12-13-14-15-16-17-18-19-20-21-23-25-27-29-45-31-33(47-35(41)28-26-24-22-10-8-6-4-2)32-46-39-38(44)37(43)36(42)34(30-40)48-39/h33-34,36-40,42-44H,3-32H2,1-2H3. The highest BCUT2D eigenvalue weighted by molar-refractivity contribution is 5.69. The van der Waals surface area contributed by atoms with E-state index in [0.717, 1.165) is 32.1 Å².